The summed E-state index contributed by atoms with van der Waals surface area (Å²) in [7, 11) is 1.51. The molecule has 0 saturated carbocycles. The van der Waals surface area contributed by atoms with Crippen LogP contribution in [0.3, 0.4) is 0 Å². The quantitative estimate of drug-likeness (QED) is 0.870. The van der Waals surface area contributed by atoms with Crippen LogP contribution in [0.5, 0.6) is 0 Å². The monoisotopic (exact) mass is 312 g/mol. The van der Waals surface area contributed by atoms with E-state index in [9.17, 15) is 9.18 Å². The van der Waals surface area contributed by atoms with Gasteiger partial charge in [-0.05, 0) is 32.0 Å². The molecular formula is C14H17FN2O3S. The van der Waals surface area contributed by atoms with Crippen LogP contribution in [0.25, 0.3) is 0 Å². The Morgan fingerprint density at radius 1 is 1.52 bits per heavy atom. The maximum atomic E-state index is 13.5. The predicted molar refractivity (Wildman–Crippen MR) is 82.4 cm³/mol. The van der Waals surface area contributed by atoms with Crippen molar-refractivity contribution in [3.05, 3.63) is 24.0 Å². The van der Waals surface area contributed by atoms with Crippen molar-refractivity contribution < 1.29 is 18.7 Å². The van der Waals surface area contributed by atoms with E-state index in [1.807, 2.05) is 0 Å². The summed E-state index contributed by atoms with van der Waals surface area (Å²) in [4.78, 5) is 14.1. The van der Waals surface area contributed by atoms with E-state index < -0.39 is 18.0 Å². The van der Waals surface area contributed by atoms with Gasteiger partial charge in [-0.3, -0.25) is 4.90 Å². The summed E-state index contributed by atoms with van der Waals surface area (Å²) in [6.45, 7) is 3.68. The van der Waals surface area contributed by atoms with Crippen molar-refractivity contribution in [2.24, 2.45) is 0 Å². The minimum absolute atomic E-state index is 0.189. The number of benzene rings is 1. The number of carbonyl (C=O) groups is 1. The van der Waals surface area contributed by atoms with Crippen molar-refractivity contribution in [2.75, 3.05) is 23.9 Å². The van der Waals surface area contributed by atoms with Gasteiger partial charge in [0.2, 0.25) is 0 Å². The fraction of sp³-hybridized carbons (Fsp3) is 0.429. The fourth-order valence-electron chi connectivity index (χ4n) is 2.10. The first-order valence-corrected chi connectivity index (χ1v) is 6.94. The Balaban J connectivity index is 2.45. The van der Waals surface area contributed by atoms with Crippen molar-refractivity contribution in [3.8, 4) is 0 Å². The van der Waals surface area contributed by atoms with E-state index in [0.29, 0.717) is 16.4 Å². The number of methoxy groups -OCH3 is 1. The van der Waals surface area contributed by atoms with Crippen molar-refractivity contribution in [3.63, 3.8) is 0 Å². The lowest BCUT2D eigenvalue weighted by Gasteiger charge is -2.37. The topological polar surface area (TPSA) is 50.8 Å². The molecule has 1 heterocycles. The van der Waals surface area contributed by atoms with Crippen LogP contribution >= 0.6 is 12.2 Å². The third kappa shape index (κ3) is 3.30. The first-order chi connectivity index (χ1) is 9.93. The molecule has 1 aliphatic heterocycles. The van der Waals surface area contributed by atoms with Gasteiger partial charge < -0.3 is 14.8 Å². The maximum Gasteiger partial charge on any atom is 0.415 e. The molecule has 7 heteroatoms. The number of rotatable bonds is 3. The Morgan fingerprint density at radius 3 is 2.86 bits per heavy atom. The summed E-state index contributed by atoms with van der Waals surface area (Å²) in [6.07, 6.45) is -0.871. The van der Waals surface area contributed by atoms with Gasteiger partial charge in [-0.15, -0.1) is 0 Å². The molecule has 1 aromatic rings. The second-order valence-corrected chi connectivity index (χ2v) is 5.36. The first kappa shape index (κ1) is 15.7. The molecule has 114 valence electrons. The number of halogens is 1. The second-order valence-electron chi connectivity index (χ2n) is 4.92. The Morgan fingerprint density at radius 2 is 2.24 bits per heavy atom. The first-order valence-electron chi connectivity index (χ1n) is 6.53. The van der Waals surface area contributed by atoms with E-state index >= 15 is 0 Å². The molecule has 0 bridgehead atoms. The number of nitrogens with zero attached hydrogens (tertiary/aromatic N) is 1. The predicted octanol–water partition coefficient (Wildman–Crippen LogP) is 2.95. The molecule has 0 fully saturated rings. The van der Waals surface area contributed by atoms with E-state index in [1.54, 1.807) is 13.8 Å². The highest BCUT2D eigenvalue weighted by Gasteiger charge is 2.36. The summed E-state index contributed by atoms with van der Waals surface area (Å²) < 4.78 is 23.9. The Hall–Kier alpha value is -1.73. The van der Waals surface area contributed by atoms with Gasteiger partial charge in [0.15, 0.2) is 0 Å². The zero-order valence-electron chi connectivity index (χ0n) is 12.1. The molecule has 0 spiro atoms. The Bertz CT molecular complexity index is 565. The lowest BCUT2D eigenvalue weighted by atomic mass is 10.1. The lowest BCUT2D eigenvalue weighted by molar-refractivity contribution is 0.117. The van der Waals surface area contributed by atoms with Gasteiger partial charge in [-0.1, -0.05) is 12.2 Å². The maximum absolute atomic E-state index is 13.5. The normalized spacial score (nSPS) is 17.5. The standard InChI is InChI=1S/C14H17FN2O3S/c1-8(2)20-14(18)17-11-6-9(15)4-5-10(11)16-13(21)12(17)7-19-3/h4-6,8,12H,7H2,1-3H3,(H,16,21)/t12-/m0/s1. The molecule has 2 rings (SSSR count). The van der Waals surface area contributed by atoms with Gasteiger partial charge >= 0.3 is 6.09 Å². The van der Waals surface area contributed by atoms with Crippen molar-refractivity contribution in [1.82, 2.24) is 0 Å². The lowest BCUT2D eigenvalue weighted by Crippen LogP contribution is -2.53. The Kier molecular flexibility index (Phi) is 4.74. The van der Waals surface area contributed by atoms with Crippen LogP contribution in [0.4, 0.5) is 20.6 Å². The van der Waals surface area contributed by atoms with Crippen molar-refractivity contribution in [1.29, 1.82) is 0 Å². The molecular weight excluding hydrogens is 295 g/mol. The number of anilines is 2. The molecule has 0 unspecified atom stereocenters. The number of amides is 1. The Labute approximate surface area is 128 Å². The highest BCUT2D eigenvalue weighted by Crippen LogP contribution is 2.34. The van der Waals surface area contributed by atoms with Crippen LogP contribution in [0.2, 0.25) is 0 Å². The molecule has 0 saturated heterocycles. The number of hydrogen-bond donors (Lipinski definition) is 1. The molecule has 1 atom stereocenters. The SMILES string of the molecule is COC[C@H]1C(=S)Nc2ccc(F)cc2N1C(=O)OC(C)C. The molecule has 0 aliphatic carbocycles. The smallest absolute Gasteiger partial charge is 0.415 e. The number of nitrogens with one attached hydrogen (secondary N) is 1. The van der Waals surface area contributed by atoms with Crippen molar-refractivity contribution >= 4 is 34.7 Å². The zero-order chi connectivity index (χ0) is 15.6. The van der Waals surface area contributed by atoms with E-state index in [-0.39, 0.29) is 12.7 Å². The molecule has 5 nitrogen and oxygen atoms in total. The summed E-state index contributed by atoms with van der Waals surface area (Å²) in [5.41, 5.74) is 0.950. The minimum atomic E-state index is -0.581. The molecule has 0 radical (unpaired) electrons. The van der Waals surface area contributed by atoms with Gasteiger partial charge in [0.05, 0.1) is 24.1 Å². The van der Waals surface area contributed by atoms with Gasteiger partial charge in [0, 0.05) is 7.11 Å². The van der Waals surface area contributed by atoms with Gasteiger partial charge in [0.1, 0.15) is 16.8 Å². The van der Waals surface area contributed by atoms with Crippen LogP contribution in [-0.4, -0.2) is 36.9 Å². The van der Waals surface area contributed by atoms with Crippen molar-refractivity contribution in [2.45, 2.75) is 26.0 Å². The van der Waals surface area contributed by atoms with Gasteiger partial charge in [0.25, 0.3) is 0 Å². The van der Waals surface area contributed by atoms with Crippen LogP contribution in [-0.2, 0) is 9.47 Å². The third-order valence-electron chi connectivity index (χ3n) is 2.95. The van der Waals surface area contributed by atoms with Crippen LogP contribution in [0.15, 0.2) is 18.2 Å². The highest BCUT2D eigenvalue weighted by molar-refractivity contribution is 7.80. The summed E-state index contributed by atoms with van der Waals surface area (Å²) in [5.74, 6) is -0.443. The average molecular weight is 312 g/mol. The second kappa shape index (κ2) is 6.36. The zero-order valence-corrected chi connectivity index (χ0v) is 12.9. The van der Waals surface area contributed by atoms with E-state index in [4.69, 9.17) is 21.7 Å². The molecule has 1 aromatic carbocycles. The number of thiocarbonyl (C=S) groups is 1. The third-order valence-corrected chi connectivity index (χ3v) is 3.32. The molecule has 1 aliphatic rings. The largest absolute Gasteiger partial charge is 0.446 e. The van der Waals surface area contributed by atoms with E-state index in [0.717, 1.165) is 0 Å². The van der Waals surface area contributed by atoms with Crippen LogP contribution in [0, 0.1) is 5.82 Å². The minimum Gasteiger partial charge on any atom is -0.446 e. The average Bonchev–Trinajstić information content (AvgIpc) is 2.39. The summed E-state index contributed by atoms with van der Waals surface area (Å²) in [6, 6.07) is 3.58. The molecule has 0 aromatic heterocycles. The fourth-order valence-corrected chi connectivity index (χ4v) is 2.39. The summed E-state index contributed by atoms with van der Waals surface area (Å²) in [5, 5.41) is 3.00. The van der Waals surface area contributed by atoms with E-state index in [2.05, 4.69) is 5.32 Å². The van der Waals surface area contributed by atoms with Crippen LogP contribution < -0.4 is 10.2 Å². The van der Waals surface area contributed by atoms with Gasteiger partial charge in [-0.25, -0.2) is 9.18 Å². The molecule has 21 heavy (non-hydrogen) atoms. The molecule has 1 amide bonds. The number of fused-ring (bicyclic) bond motifs is 1. The number of carbonyl (C=O) groups excluding carboxylic acids is 1. The van der Waals surface area contributed by atoms with Gasteiger partial charge in [-0.2, -0.15) is 0 Å². The van der Waals surface area contributed by atoms with E-state index in [1.165, 1.54) is 30.2 Å². The molecule has 1 N–H and O–H groups in total. The summed E-state index contributed by atoms with van der Waals surface area (Å²) >= 11 is 5.28. The highest BCUT2D eigenvalue weighted by atomic mass is 32.1. The van der Waals surface area contributed by atoms with Crippen LogP contribution in [0.1, 0.15) is 13.8 Å². The number of ether oxygens (including phenoxy) is 2. The number of hydrogen-bond acceptors (Lipinski definition) is 4.